The Morgan fingerprint density at radius 3 is 2.42 bits per heavy atom. The maximum Gasteiger partial charge on any atom is 0.320 e. The van der Waals surface area contributed by atoms with Crippen LogP contribution in [0.3, 0.4) is 0 Å². The van der Waals surface area contributed by atoms with Crippen LogP contribution in [0.15, 0.2) is 18.7 Å². The molecule has 1 unspecified atom stereocenters. The maximum atomic E-state index is 11.3. The fourth-order valence-electron chi connectivity index (χ4n) is 1.79. The molecule has 19 heavy (non-hydrogen) atoms. The molecule has 0 bridgehead atoms. The van der Waals surface area contributed by atoms with E-state index in [-0.39, 0.29) is 11.5 Å². The fourth-order valence-corrected chi connectivity index (χ4v) is 1.79. The van der Waals surface area contributed by atoms with Gasteiger partial charge >= 0.3 is 5.97 Å². The van der Waals surface area contributed by atoms with Gasteiger partial charge in [0.15, 0.2) is 0 Å². The first-order valence-electron chi connectivity index (χ1n) is 6.53. The lowest BCUT2D eigenvalue weighted by molar-refractivity contribution is -0.140. The van der Waals surface area contributed by atoms with Crippen molar-refractivity contribution in [3.63, 3.8) is 0 Å². The molecule has 0 aliphatic carbocycles. The molecule has 1 rings (SSSR count). The van der Waals surface area contributed by atoms with Gasteiger partial charge in [-0.15, -0.1) is 0 Å². The summed E-state index contributed by atoms with van der Waals surface area (Å²) in [6.07, 6.45) is 6.33. The molecule has 1 aromatic heterocycles. The molecule has 2 atom stereocenters. The van der Waals surface area contributed by atoms with Crippen molar-refractivity contribution in [2.45, 2.75) is 52.6 Å². The lowest BCUT2D eigenvalue weighted by atomic mass is 9.88. The van der Waals surface area contributed by atoms with Gasteiger partial charge in [-0.05, 0) is 25.2 Å². The summed E-state index contributed by atoms with van der Waals surface area (Å²) < 4.78 is 0. The zero-order chi connectivity index (χ0) is 14.5. The van der Waals surface area contributed by atoms with Crippen LogP contribution < -0.4 is 5.32 Å². The standard InChI is InChI=1S/C14H23N3O2/c1-10(11-7-15-9-16-8-11)17-12(13(18)19)5-6-14(2,3)4/h7-10,12,17H,5-6H2,1-4H3,(H,18,19)/t10?,12-/m0/s1. The predicted molar refractivity (Wildman–Crippen MR) is 73.7 cm³/mol. The van der Waals surface area contributed by atoms with Crippen LogP contribution in [0.4, 0.5) is 0 Å². The summed E-state index contributed by atoms with van der Waals surface area (Å²) in [4.78, 5) is 19.2. The van der Waals surface area contributed by atoms with E-state index in [4.69, 9.17) is 0 Å². The van der Waals surface area contributed by atoms with Gasteiger partial charge < -0.3 is 5.11 Å². The monoisotopic (exact) mass is 265 g/mol. The largest absolute Gasteiger partial charge is 0.480 e. The summed E-state index contributed by atoms with van der Waals surface area (Å²) in [6, 6.07) is -0.628. The molecule has 0 aliphatic rings. The molecule has 1 heterocycles. The van der Waals surface area contributed by atoms with Crippen molar-refractivity contribution >= 4 is 5.97 Å². The van der Waals surface area contributed by atoms with Gasteiger partial charge in [-0.3, -0.25) is 10.1 Å². The molecule has 5 heteroatoms. The minimum absolute atomic E-state index is 0.0812. The smallest absolute Gasteiger partial charge is 0.320 e. The summed E-state index contributed by atoms with van der Waals surface area (Å²) >= 11 is 0. The van der Waals surface area contributed by atoms with Crippen LogP contribution in [-0.2, 0) is 4.79 Å². The number of hydrogen-bond acceptors (Lipinski definition) is 4. The third kappa shape index (κ3) is 5.79. The zero-order valence-corrected chi connectivity index (χ0v) is 12.1. The van der Waals surface area contributed by atoms with Crippen LogP contribution in [-0.4, -0.2) is 27.1 Å². The van der Waals surface area contributed by atoms with E-state index in [2.05, 4.69) is 36.1 Å². The number of aromatic nitrogens is 2. The molecular weight excluding hydrogens is 242 g/mol. The Bertz CT molecular complexity index is 401. The number of rotatable bonds is 6. The van der Waals surface area contributed by atoms with Gasteiger partial charge in [-0.1, -0.05) is 20.8 Å². The van der Waals surface area contributed by atoms with Crippen LogP contribution in [0.1, 0.15) is 52.1 Å². The quantitative estimate of drug-likeness (QED) is 0.826. The van der Waals surface area contributed by atoms with Crippen LogP contribution in [0.25, 0.3) is 0 Å². The molecule has 0 saturated heterocycles. The fraction of sp³-hybridized carbons (Fsp3) is 0.643. The second-order valence-corrected chi connectivity index (χ2v) is 6.05. The maximum absolute atomic E-state index is 11.3. The number of hydrogen-bond donors (Lipinski definition) is 2. The number of carboxylic acids is 1. The van der Waals surface area contributed by atoms with E-state index >= 15 is 0 Å². The molecule has 106 valence electrons. The molecule has 0 spiro atoms. The Labute approximate surface area is 114 Å². The van der Waals surface area contributed by atoms with E-state index in [9.17, 15) is 9.90 Å². The molecule has 0 fully saturated rings. The van der Waals surface area contributed by atoms with Gasteiger partial charge in [-0.2, -0.15) is 0 Å². The van der Waals surface area contributed by atoms with Crippen molar-refractivity contribution < 1.29 is 9.90 Å². The van der Waals surface area contributed by atoms with Crippen molar-refractivity contribution in [2.24, 2.45) is 5.41 Å². The van der Waals surface area contributed by atoms with Crippen molar-refractivity contribution in [3.05, 3.63) is 24.3 Å². The number of nitrogens with zero attached hydrogens (tertiary/aromatic N) is 2. The van der Waals surface area contributed by atoms with Crippen molar-refractivity contribution in [2.75, 3.05) is 0 Å². The molecule has 0 aliphatic heterocycles. The van der Waals surface area contributed by atoms with Crippen molar-refractivity contribution in [1.82, 2.24) is 15.3 Å². The normalized spacial score (nSPS) is 14.9. The second kappa shape index (κ2) is 6.61. The first-order chi connectivity index (χ1) is 8.79. The zero-order valence-electron chi connectivity index (χ0n) is 12.1. The number of nitrogens with one attached hydrogen (secondary N) is 1. The molecular formula is C14H23N3O2. The van der Waals surface area contributed by atoms with Crippen LogP contribution in [0.2, 0.25) is 0 Å². The van der Waals surface area contributed by atoms with Crippen LogP contribution >= 0.6 is 0 Å². The predicted octanol–water partition coefficient (Wildman–Crippen LogP) is 2.41. The molecule has 5 nitrogen and oxygen atoms in total. The SMILES string of the molecule is CC(N[C@@H](CCC(C)(C)C)C(=O)O)c1cncnc1. The number of aliphatic carboxylic acids is 1. The first kappa shape index (κ1) is 15.6. The van der Waals surface area contributed by atoms with Crippen molar-refractivity contribution in [1.29, 1.82) is 0 Å². The van der Waals surface area contributed by atoms with E-state index in [0.717, 1.165) is 12.0 Å². The highest BCUT2D eigenvalue weighted by Gasteiger charge is 2.22. The topological polar surface area (TPSA) is 75.1 Å². The highest BCUT2D eigenvalue weighted by atomic mass is 16.4. The lowest BCUT2D eigenvalue weighted by Gasteiger charge is -2.24. The molecule has 1 aromatic rings. The molecule has 0 radical (unpaired) electrons. The van der Waals surface area contributed by atoms with Crippen LogP contribution in [0, 0.1) is 5.41 Å². The van der Waals surface area contributed by atoms with E-state index in [0.29, 0.717) is 6.42 Å². The highest BCUT2D eigenvalue weighted by Crippen LogP contribution is 2.22. The van der Waals surface area contributed by atoms with E-state index in [1.165, 1.54) is 6.33 Å². The summed E-state index contributed by atoms with van der Waals surface area (Å²) in [5.41, 5.74) is 1.03. The Morgan fingerprint density at radius 1 is 1.37 bits per heavy atom. The average molecular weight is 265 g/mol. The van der Waals surface area contributed by atoms with Gasteiger partial charge in [0, 0.05) is 24.0 Å². The van der Waals surface area contributed by atoms with E-state index < -0.39 is 12.0 Å². The van der Waals surface area contributed by atoms with Gasteiger partial charge in [0.2, 0.25) is 0 Å². The Kier molecular flexibility index (Phi) is 5.42. The van der Waals surface area contributed by atoms with Gasteiger partial charge in [0.05, 0.1) is 0 Å². The molecule has 2 N–H and O–H groups in total. The third-order valence-corrected chi connectivity index (χ3v) is 3.01. The first-order valence-corrected chi connectivity index (χ1v) is 6.53. The Hall–Kier alpha value is -1.49. The third-order valence-electron chi connectivity index (χ3n) is 3.01. The van der Waals surface area contributed by atoms with E-state index in [1.54, 1.807) is 12.4 Å². The number of carboxylic acid groups (broad SMARTS) is 1. The Morgan fingerprint density at radius 2 is 1.95 bits per heavy atom. The lowest BCUT2D eigenvalue weighted by Crippen LogP contribution is -2.39. The Balaban J connectivity index is 2.61. The van der Waals surface area contributed by atoms with Gasteiger partial charge in [-0.25, -0.2) is 9.97 Å². The van der Waals surface area contributed by atoms with E-state index in [1.807, 2.05) is 6.92 Å². The average Bonchev–Trinajstić information content (AvgIpc) is 2.33. The molecule has 0 amide bonds. The molecule has 0 aromatic carbocycles. The summed E-state index contributed by atoms with van der Waals surface area (Å²) in [6.45, 7) is 8.26. The molecule has 0 saturated carbocycles. The second-order valence-electron chi connectivity index (χ2n) is 6.05. The minimum atomic E-state index is -0.812. The summed E-state index contributed by atoms with van der Waals surface area (Å²) in [7, 11) is 0. The van der Waals surface area contributed by atoms with Crippen LogP contribution in [0.5, 0.6) is 0 Å². The van der Waals surface area contributed by atoms with Gasteiger partial charge in [0.1, 0.15) is 12.4 Å². The number of carbonyl (C=O) groups is 1. The summed E-state index contributed by atoms with van der Waals surface area (Å²) in [5, 5.41) is 12.4. The minimum Gasteiger partial charge on any atom is -0.480 e. The van der Waals surface area contributed by atoms with Crippen molar-refractivity contribution in [3.8, 4) is 0 Å². The summed E-state index contributed by atoms with van der Waals surface area (Å²) in [5.74, 6) is -0.812. The van der Waals surface area contributed by atoms with Gasteiger partial charge in [0.25, 0.3) is 0 Å². The highest BCUT2D eigenvalue weighted by molar-refractivity contribution is 5.73.